The number of rotatable bonds is 4. The Bertz CT molecular complexity index is 790. The van der Waals surface area contributed by atoms with Gasteiger partial charge in [-0.25, -0.2) is 9.97 Å². The standard InChI is InChI=1S/C16H13N3S2/c1-11(8-17)9-20-15-13-7-14(12-5-3-2-4-6-12)21-16(13)19-10-18-15/h2-7,10-11H,9H2,1H3/t11-/m1/s1. The minimum absolute atomic E-state index is 0.0206. The molecule has 0 bridgehead atoms. The molecule has 5 heteroatoms. The fraction of sp³-hybridized carbons (Fsp3) is 0.188. The number of nitrogens with zero attached hydrogens (tertiary/aromatic N) is 3. The van der Waals surface area contributed by atoms with Crippen molar-refractivity contribution in [1.29, 1.82) is 5.26 Å². The zero-order valence-corrected chi connectivity index (χ0v) is 13.1. The van der Waals surface area contributed by atoms with Crippen molar-refractivity contribution in [2.24, 2.45) is 5.92 Å². The second-order valence-electron chi connectivity index (χ2n) is 4.72. The van der Waals surface area contributed by atoms with Gasteiger partial charge >= 0.3 is 0 Å². The van der Waals surface area contributed by atoms with E-state index in [0.29, 0.717) is 0 Å². The average Bonchev–Trinajstić information content (AvgIpc) is 2.98. The lowest BCUT2D eigenvalue weighted by atomic mass is 10.2. The van der Waals surface area contributed by atoms with Crippen LogP contribution in [-0.4, -0.2) is 15.7 Å². The molecule has 0 amide bonds. The number of thiophene rings is 1. The number of aromatic nitrogens is 2. The summed E-state index contributed by atoms with van der Waals surface area (Å²) in [5.41, 5.74) is 1.20. The molecule has 0 aliphatic carbocycles. The molecule has 1 atom stereocenters. The van der Waals surface area contributed by atoms with Crippen LogP contribution in [0.4, 0.5) is 0 Å². The Morgan fingerprint density at radius 3 is 2.86 bits per heavy atom. The number of thioether (sulfide) groups is 1. The molecule has 0 unspecified atom stereocenters. The zero-order valence-electron chi connectivity index (χ0n) is 11.5. The Hall–Kier alpha value is -1.90. The number of nitriles is 1. The highest BCUT2D eigenvalue weighted by Crippen LogP contribution is 2.36. The lowest BCUT2D eigenvalue weighted by molar-refractivity contribution is 0.862. The fourth-order valence-electron chi connectivity index (χ4n) is 1.93. The van der Waals surface area contributed by atoms with Crippen LogP contribution >= 0.6 is 23.1 Å². The van der Waals surface area contributed by atoms with Crippen molar-refractivity contribution in [2.75, 3.05) is 5.75 Å². The first-order valence-corrected chi connectivity index (χ1v) is 8.40. The van der Waals surface area contributed by atoms with Crippen LogP contribution in [0, 0.1) is 17.2 Å². The molecule has 0 spiro atoms. The minimum atomic E-state index is 0.0206. The van der Waals surface area contributed by atoms with E-state index in [-0.39, 0.29) is 5.92 Å². The van der Waals surface area contributed by atoms with E-state index in [4.69, 9.17) is 5.26 Å². The van der Waals surface area contributed by atoms with E-state index in [9.17, 15) is 0 Å². The van der Waals surface area contributed by atoms with Gasteiger partial charge in [0.1, 0.15) is 16.2 Å². The second kappa shape index (κ2) is 6.25. The summed E-state index contributed by atoms with van der Waals surface area (Å²) in [6.07, 6.45) is 1.60. The summed E-state index contributed by atoms with van der Waals surface area (Å²) in [6.45, 7) is 1.93. The molecular formula is C16H13N3S2. The molecule has 1 aromatic carbocycles. The van der Waals surface area contributed by atoms with E-state index in [1.807, 2.05) is 25.1 Å². The Morgan fingerprint density at radius 2 is 2.10 bits per heavy atom. The van der Waals surface area contributed by atoms with E-state index in [1.165, 1.54) is 10.4 Å². The molecule has 3 rings (SSSR count). The molecule has 0 aliphatic heterocycles. The van der Waals surface area contributed by atoms with Gasteiger partial charge in [-0.2, -0.15) is 5.26 Å². The van der Waals surface area contributed by atoms with Crippen molar-refractivity contribution in [3.63, 3.8) is 0 Å². The van der Waals surface area contributed by atoms with Gasteiger partial charge in [-0.3, -0.25) is 0 Å². The van der Waals surface area contributed by atoms with Crippen LogP contribution in [0.5, 0.6) is 0 Å². The number of hydrogen-bond acceptors (Lipinski definition) is 5. The first-order valence-electron chi connectivity index (χ1n) is 6.60. The van der Waals surface area contributed by atoms with Gasteiger partial charge in [0.2, 0.25) is 0 Å². The highest BCUT2D eigenvalue weighted by molar-refractivity contribution is 7.99. The summed E-state index contributed by atoms with van der Waals surface area (Å²) in [4.78, 5) is 10.9. The number of fused-ring (bicyclic) bond motifs is 1. The zero-order chi connectivity index (χ0) is 14.7. The molecule has 0 radical (unpaired) electrons. The molecule has 3 aromatic rings. The highest BCUT2D eigenvalue weighted by atomic mass is 32.2. The maximum atomic E-state index is 8.88. The van der Waals surface area contributed by atoms with Crippen LogP contribution < -0.4 is 0 Å². The minimum Gasteiger partial charge on any atom is -0.229 e. The first-order chi connectivity index (χ1) is 10.3. The third-order valence-electron chi connectivity index (χ3n) is 3.04. The van der Waals surface area contributed by atoms with Gasteiger partial charge in [-0.15, -0.1) is 23.1 Å². The van der Waals surface area contributed by atoms with E-state index < -0.39 is 0 Å². The maximum absolute atomic E-state index is 8.88. The highest BCUT2D eigenvalue weighted by Gasteiger charge is 2.11. The predicted octanol–water partition coefficient (Wildman–Crippen LogP) is 4.61. The van der Waals surface area contributed by atoms with Gasteiger partial charge in [0, 0.05) is 16.0 Å². The van der Waals surface area contributed by atoms with Gasteiger partial charge < -0.3 is 0 Å². The third-order valence-corrected chi connectivity index (χ3v) is 5.40. The molecule has 2 aromatic heterocycles. The quantitative estimate of drug-likeness (QED) is 0.521. The summed E-state index contributed by atoms with van der Waals surface area (Å²) in [5, 5.41) is 10.9. The molecule has 3 nitrogen and oxygen atoms in total. The van der Waals surface area contributed by atoms with E-state index >= 15 is 0 Å². The first kappa shape index (κ1) is 14.1. The Kier molecular flexibility index (Phi) is 4.18. The monoisotopic (exact) mass is 311 g/mol. The summed E-state index contributed by atoms with van der Waals surface area (Å²) in [7, 11) is 0. The lowest BCUT2D eigenvalue weighted by Crippen LogP contribution is -1.94. The summed E-state index contributed by atoms with van der Waals surface area (Å²) < 4.78 is 0. The Labute approximate surface area is 131 Å². The van der Waals surface area contributed by atoms with Gasteiger partial charge in [0.15, 0.2) is 0 Å². The van der Waals surface area contributed by atoms with E-state index in [1.54, 1.807) is 29.4 Å². The van der Waals surface area contributed by atoms with Crippen LogP contribution in [0.2, 0.25) is 0 Å². The van der Waals surface area contributed by atoms with Gasteiger partial charge in [-0.1, -0.05) is 30.3 Å². The molecule has 0 saturated heterocycles. The van der Waals surface area contributed by atoms with Crippen molar-refractivity contribution in [1.82, 2.24) is 9.97 Å². The maximum Gasteiger partial charge on any atom is 0.128 e. The summed E-state index contributed by atoms with van der Waals surface area (Å²) in [6, 6.07) is 14.7. The lowest BCUT2D eigenvalue weighted by Gasteiger charge is -2.02. The summed E-state index contributed by atoms with van der Waals surface area (Å²) >= 11 is 3.30. The van der Waals surface area contributed by atoms with Gasteiger partial charge in [0.05, 0.1) is 12.0 Å². The van der Waals surface area contributed by atoms with Crippen molar-refractivity contribution >= 4 is 33.3 Å². The van der Waals surface area contributed by atoms with Crippen molar-refractivity contribution in [3.8, 4) is 16.5 Å². The van der Waals surface area contributed by atoms with Gasteiger partial charge in [-0.05, 0) is 18.6 Å². The normalized spacial score (nSPS) is 12.2. The molecule has 2 heterocycles. The molecule has 0 aliphatic rings. The van der Waals surface area contributed by atoms with Crippen LogP contribution in [0.3, 0.4) is 0 Å². The summed E-state index contributed by atoms with van der Waals surface area (Å²) in [5.74, 6) is 0.770. The SMILES string of the molecule is C[C@H](C#N)CSc1ncnc2sc(-c3ccccc3)cc12. The second-order valence-corrected chi connectivity index (χ2v) is 6.75. The van der Waals surface area contributed by atoms with Crippen molar-refractivity contribution in [3.05, 3.63) is 42.7 Å². The third kappa shape index (κ3) is 3.07. The molecule has 21 heavy (non-hydrogen) atoms. The molecule has 104 valence electrons. The fourth-order valence-corrected chi connectivity index (χ4v) is 3.92. The predicted molar refractivity (Wildman–Crippen MR) is 88.4 cm³/mol. The molecular weight excluding hydrogens is 298 g/mol. The smallest absolute Gasteiger partial charge is 0.128 e. The van der Waals surface area contributed by atoms with Crippen molar-refractivity contribution in [2.45, 2.75) is 11.9 Å². The topological polar surface area (TPSA) is 49.6 Å². The molecule has 0 N–H and O–H groups in total. The van der Waals surface area contributed by atoms with Gasteiger partial charge in [0.25, 0.3) is 0 Å². The van der Waals surface area contributed by atoms with E-state index in [0.717, 1.165) is 21.0 Å². The number of hydrogen-bond donors (Lipinski definition) is 0. The largest absolute Gasteiger partial charge is 0.229 e. The average molecular weight is 311 g/mol. The van der Waals surface area contributed by atoms with Crippen LogP contribution in [0.1, 0.15) is 6.92 Å². The van der Waals surface area contributed by atoms with Crippen LogP contribution in [0.25, 0.3) is 20.7 Å². The number of benzene rings is 1. The van der Waals surface area contributed by atoms with E-state index in [2.05, 4.69) is 34.2 Å². The molecule has 0 fully saturated rings. The Morgan fingerprint density at radius 1 is 1.29 bits per heavy atom. The molecule has 0 saturated carbocycles. The van der Waals surface area contributed by atoms with Crippen molar-refractivity contribution < 1.29 is 0 Å². The Balaban J connectivity index is 1.96. The van der Waals surface area contributed by atoms with Crippen LogP contribution in [0.15, 0.2) is 47.8 Å². The van der Waals surface area contributed by atoms with Crippen LogP contribution in [-0.2, 0) is 0 Å².